The number of likely N-dealkylation sites (tertiary alicyclic amines) is 1. The smallest absolute Gasteiger partial charge is 0.223 e. The number of nitrogens with zero attached hydrogens (tertiary/aromatic N) is 1. The molecule has 0 spiro atoms. The Hall–Kier alpha value is -1.06. The number of amides is 2. The molecule has 0 radical (unpaired) electrons. The van der Waals surface area contributed by atoms with Crippen LogP contribution in [0.4, 0.5) is 0 Å². The summed E-state index contributed by atoms with van der Waals surface area (Å²) in [6.07, 6.45) is 2.17. The average molecular weight is 198 g/mol. The Morgan fingerprint density at radius 2 is 2.14 bits per heavy atom. The van der Waals surface area contributed by atoms with Gasteiger partial charge in [-0.25, -0.2) is 0 Å². The minimum absolute atomic E-state index is 0.0718. The molecule has 4 nitrogen and oxygen atoms in total. The van der Waals surface area contributed by atoms with Crippen molar-refractivity contribution in [3.8, 4) is 0 Å². The molecule has 1 fully saturated rings. The van der Waals surface area contributed by atoms with Gasteiger partial charge in [0, 0.05) is 19.0 Å². The second-order valence-corrected chi connectivity index (χ2v) is 3.82. The lowest BCUT2D eigenvalue weighted by Gasteiger charge is -2.25. The largest absolute Gasteiger partial charge is 0.369 e. The van der Waals surface area contributed by atoms with Crippen molar-refractivity contribution < 1.29 is 9.59 Å². The Morgan fingerprint density at radius 1 is 1.57 bits per heavy atom. The third-order valence-electron chi connectivity index (χ3n) is 2.94. The van der Waals surface area contributed by atoms with Crippen LogP contribution in [0.15, 0.2) is 0 Å². The van der Waals surface area contributed by atoms with Crippen LogP contribution in [-0.2, 0) is 9.59 Å². The molecule has 1 aliphatic heterocycles. The monoisotopic (exact) mass is 198 g/mol. The molecular formula is C10H18N2O2. The van der Waals surface area contributed by atoms with Gasteiger partial charge in [0.25, 0.3) is 0 Å². The van der Waals surface area contributed by atoms with E-state index in [2.05, 4.69) is 13.8 Å². The maximum absolute atomic E-state index is 11.6. The van der Waals surface area contributed by atoms with Crippen molar-refractivity contribution in [2.24, 2.45) is 11.7 Å². The summed E-state index contributed by atoms with van der Waals surface area (Å²) in [4.78, 5) is 24.3. The van der Waals surface area contributed by atoms with Gasteiger partial charge in [-0.3, -0.25) is 9.59 Å². The molecule has 0 bridgehead atoms. The summed E-state index contributed by atoms with van der Waals surface area (Å²) in [6, 6.07) is 0.270. The van der Waals surface area contributed by atoms with Crippen molar-refractivity contribution in [3.05, 3.63) is 0 Å². The number of nitrogens with two attached hydrogens (primary N) is 1. The van der Waals surface area contributed by atoms with Gasteiger partial charge in [0.2, 0.25) is 11.8 Å². The van der Waals surface area contributed by atoms with Gasteiger partial charge in [-0.2, -0.15) is 0 Å². The predicted molar refractivity (Wildman–Crippen MR) is 53.4 cm³/mol. The first kappa shape index (κ1) is 11.0. The summed E-state index contributed by atoms with van der Waals surface area (Å²) in [5.41, 5.74) is 5.19. The standard InChI is InChI=1S/C10H18N2O2/c1-3-8(4-2)12-6-7(10(11)14)5-9(12)13/h7-8H,3-6H2,1-2H3,(H2,11,14). The van der Waals surface area contributed by atoms with E-state index in [1.54, 1.807) is 4.90 Å². The Morgan fingerprint density at radius 3 is 2.50 bits per heavy atom. The van der Waals surface area contributed by atoms with Gasteiger partial charge in [-0.1, -0.05) is 13.8 Å². The van der Waals surface area contributed by atoms with Crippen LogP contribution in [0.1, 0.15) is 33.1 Å². The minimum Gasteiger partial charge on any atom is -0.369 e. The lowest BCUT2D eigenvalue weighted by atomic mass is 10.1. The molecule has 1 heterocycles. The molecule has 1 aliphatic rings. The van der Waals surface area contributed by atoms with Crippen molar-refractivity contribution in [2.45, 2.75) is 39.2 Å². The zero-order valence-corrected chi connectivity index (χ0v) is 8.82. The topological polar surface area (TPSA) is 63.4 Å². The van der Waals surface area contributed by atoms with Crippen molar-refractivity contribution in [2.75, 3.05) is 6.54 Å². The normalized spacial score (nSPS) is 22.1. The van der Waals surface area contributed by atoms with Crippen molar-refractivity contribution in [3.63, 3.8) is 0 Å². The lowest BCUT2D eigenvalue weighted by molar-refractivity contribution is -0.130. The number of primary amides is 1. The van der Waals surface area contributed by atoms with E-state index >= 15 is 0 Å². The van der Waals surface area contributed by atoms with Gasteiger partial charge in [-0.05, 0) is 12.8 Å². The molecule has 2 amide bonds. The van der Waals surface area contributed by atoms with Crippen molar-refractivity contribution >= 4 is 11.8 Å². The summed E-state index contributed by atoms with van der Waals surface area (Å²) in [5, 5.41) is 0. The maximum Gasteiger partial charge on any atom is 0.223 e. The molecule has 0 aromatic heterocycles. The summed E-state index contributed by atoms with van der Waals surface area (Å²) >= 11 is 0. The molecule has 2 N–H and O–H groups in total. The zero-order chi connectivity index (χ0) is 10.7. The van der Waals surface area contributed by atoms with Crippen LogP contribution in [0, 0.1) is 5.92 Å². The molecule has 0 aromatic rings. The van der Waals surface area contributed by atoms with Crippen molar-refractivity contribution in [1.29, 1.82) is 0 Å². The first-order valence-electron chi connectivity index (χ1n) is 5.18. The van der Waals surface area contributed by atoms with Crippen LogP contribution >= 0.6 is 0 Å². The molecule has 4 heteroatoms. The van der Waals surface area contributed by atoms with Gasteiger partial charge in [0.05, 0.1) is 5.92 Å². The van der Waals surface area contributed by atoms with E-state index in [0.717, 1.165) is 12.8 Å². The van der Waals surface area contributed by atoms with Crippen LogP contribution in [-0.4, -0.2) is 29.3 Å². The first-order chi connectivity index (χ1) is 6.60. The number of carbonyl (C=O) groups excluding carboxylic acids is 2. The van der Waals surface area contributed by atoms with Gasteiger partial charge >= 0.3 is 0 Å². The van der Waals surface area contributed by atoms with E-state index < -0.39 is 0 Å². The van der Waals surface area contributed by atoms with Gasteiger partial charge in [0.1, 0.15) is 0 Å². The molecule has 1 unspecified atom stereocenters. The summed E-state index contributed by atoms with van der Waals surface area (Å²) in [7, 11) is 0. The number of hydrogen-bond acceptors (Lipinski definition) is 2. The van der Waals surface area contributed by atoms with Gasteiger partial charge < -0.3 is 10.6 Å². The van der Waals surface area contributed by atoms with E-state index in [-0.39, 0.29) is 23.8 Å². The van der Waals surface area contributed by atoms with Crippen LogP contribution < -0.4 is 5.73 Å². The molecular weight excluding hydrogens is 180 g/mol. The Kier molecular flexibility index (Phi) is 3.49. The highest BCUT2D eigenvalue weighted by Gasteiger charge is 2.35. The van der Waals surface area contributed by atoms with Crippen molar-refractivity contribution in [1.82, 2.24) is 4.90 Å². The highest BCUT2D eigenvalue weighted by atomic mass is 16.2. The van der Waals surface area contributed by atoms with Crippen LogP contribution in [0.3, 0.4) is 0 Å². The number of rotatable bonds is 4. The molecule has 0 saturated carbocycles. The quantitative estimate of drug-likeness (QED) is 0.715. The third kappa shape index (κ3) is 2.05. The highest BCUT2D eigenvalue weighted by molar-refractivity contribution is 5.88. The molecule has 1 atom stereocenters. The number of carbonyl (C=O) groups is 2. The minimum atomic E-state index is -0.355. The number of hydrogen-bond donors (Lipinski definition) is 1. The van der Waals surface area contributed by atoms with Crippen LogP contribution in [0.2, 0.25) is 0 Å². The second kappa shape index (κ2) is 4.44. The van der Waals surface area contributed by atoms with E-state index in [1.807, 2.05) is 0 Å². The fourth-order valence-electron chi connectivity index (χ4n) is 2.00. The molecule has 80 valence electrons. The van der Waals surface area contributed by atoms with Gasteiger partial charge in [0.15, 0.2) is 0 Å². The van der Waals surface area contributed by atoms with E-state index in [1.165, 1.54) is 0 Å². The lowest BCUT2D eigenvalue weighted by Crippen LogP contribution is -2.36. The Bertz CT molecular complexity index is 236. The second-order valence-electron chi connectivity index (χ2n) is 3.82. The summed E-state index contributed by atoms with van der Waals surface area (Å²) in [5.74, 6) is -0.558. The molecule has 0 aliphatic carbocycles. The first-order valence-corrected chi connectivity index (χ1v) is 5.18. The Labute approximate surface area is 84.4 Å². The average Bonchev–Trinajstić information content (AvgIpc) is 2.51. The summed E-state index contributed by atoms with van der Waals surface area (Å²) < 4.78 is 0. The molecule has 14 heavy (non-hydrogen) atoms. The third-order valence-corrected chi connectivity index (χ3v) is 2.94. The fraction of sp³-hybridized carbons (Fsp3) is 0.800. The maximum atomic E-state index is 11.6. The predicted octanol–water partition coefficient (Wildman–Crippen LogP) is 0.509. The Balaban J connectivity index is 2.64. The SMILES string of the molecule is CCC(CC)N1CC(C(N)=O)CC1=O. The molecule has 0 aromatic carbocycles. The fourth-order valence-corrected chi connectivity index (χ4v) is 2.00. The van der Waals surface area contributed by atoms with E-state index in [0.29, 0.717) is 13.0 Å². The van der Waals surface area contributed by atoms with E-state index in [4.69, 9.17) is 5.73 Å². The van der Waals surface area contributed by atoms with E-state index in [9.17, 15) is 9.59 Å². The highest BCUT2D eigenvalue weighted by Crippen LogP contribution is 2.22. The summed E-state index contributed by atoms with van der Waals surface area (Å²) in [6.45, 7) is 4.62. The van der Waals surface area contributed by atoms with Crippen LogP contribution in [0.25, 0.3) is 0 Å². The molecule has 1 rings (SSSR count). The zero-order valence-electron chi connectivity index (χ0n) is 8.82. The van der Waals surface area contributed by atoms with Gasteiger partial charge in [-0.15, -0.1) is 0 Å². The van der Waals surface area contributed by atoms with Crippen LogP contribution in [0.5, 0.6) is 0 Å². The molecule has 1 saturated heterocycles.